The van der Waals surface area contributed by atoms with Gasteiger partial charge in [-0.1, -0.05) is 18.2 Å². The minimum absolute atomic E-state index is 0.103. The first kappa shape index (κ1) is 17.1. The van der Waals surface area contributed by atoms with Crippen molar-refractivity contribution in [1.29, 1.82) is 0 Å². The van der Waals surface area contributed by atoms with E-state index >= 15 is 0 Å². The molecule has 124 valence electrons. The minimum atomic E-state index is -0.525. The van der Waals surface area contributed by atoms with Gasteiger partial charge in [0.15, 0.2) is 0 Å². The Morgan fingerprint density at radius 2 is 2.08 bits per heavy atom. The normalized spacial score (nSPS) is 10.6. The number of nitro groups is 1. The van der Waals surface area contributed by atoms with Crippen molar-refractivity contribution >= 4 is 17.8 Å². The second kappa shape index (κ2) is 7.87. The summed E-state index contributed by atoms with van der Waals surface area (Å²) in [5.74, 6) is 0.132. The zero-order valence-corrected chi connectivity index (χ0v) is 13.4. The zero-order chi connectivity index (χ0) is 17.5. The number of aryl methyl sites for hydroxylation is 1. The summed E-state index contributed by atoms with van der Waals surface area (Å²) in [5, 5.41) is 14.8. The van der Waals surface area contributed by atoms with Gasteiger partial charge in [0, 0.05) is 22.8 Å². The molecule has 0 spiro atoms. The lowest BCUT2D eigenvalue weighted by molar-refractivity contribution is -0.385. The first-order valence-corrected chi connectivity index (χ1v) is 7.33. The van der Waals surface area contributed by atoms with Crippen molar-refractivity contribution in [3.8, 4) is 5.75 Å². The molecule has 0 aromatic heterocycles. The maximum Gasteiger partial charge on any atom is 0.273 e. The van der Waals surface area contributed by atoms with Gasteiger partial charge < -0.3 is 4.74 Å². The maximum atomic E-state index is 12.1. The summed E-state index contributed by atoms with van der Waals surface area (Å²) >= 11 is 0. The van der Waals surface area contributed by atoms with E-state index in [0.717, 1.165) is 5.56 Å². The number of para-hydroxylation sites is 1. The van der Waals surface area contributed by atoms with E-state index in [1.165, 1.54) is 24.4 Å². The number of ether oxygens (including phenoxy) is 1. The van der Waals surface area contributed by atoms with Gasteiger partial charge in [0.1, 0.15) is 5.75 Å². The number of carbonyl (C=O) groups is 1. The van der Waals surface area contributed by atoms with Crippen LogP contribution < -0.4 is 10.2 Å². The fraction of sp³-hybridized carbons (Fsp3) is 0.176. The molecular formula is C17H17N3O4. The Bertz CT molecular complexity index is 787. The van der Waals surface area contributed by atoms with E-state index in [1.807, 2.05) is 19.1 Å². The number of benzene rings is 2. The topological polar surface area (TPSA) is 93.8 Å². The van der Waals surface area contributed by atoms with Gasteiger partial charge in [-0.05, 0) is 32.0 Å². The number of nitrogens with zero attached hydrogens (tertiary/aromatic N) is 2. The second-order valence-electron chi connectivity index (χ2n) is 4.93. The Morgan fingerprint density at radius 1 is 1.33 bits per heavy atom. The Hall–Kier alpha value is -3.22. The van der Waals surface area contributed by atoms with Gasteiger partial charge in [-0.25, -0.2) is 5.43 Å². The lowest BCUT2D eigenvalue weighted by Crippen LogP contribution is -2.18. The quantitative estimate of drug-likeness (QED) is 0.501. The first-order valence-electron chi connectivity index (χ1n) is 7.33. The lowest BCUT2D eigenvalue weighted by Gasteiger charge is -2.06. The molecule has 2 rings (SSSR count). The summed E-state index contributed by atoms with van der Waals surface area (Å²) in [5.41, 5.74) is 3.63. The minimum Gasteiger partial charge on any atom is -0.493 e. The number of amides is 1. The van der Waals surface area contributed by atoms with E-state index < -0.39 is 10.8 Å². The van der Waals surface area contributed by atoms with Gasteiger partial charge in [0.05, 0.1) is 17.7 Å². The van der Waals surface area contributed by atoms with E-state index in [0.29, 0.717) is 17.9 Å². The van der Waals surface area contributed by atoms with Crippen LogP contribution in [-0.4, -0.2) is 23.7 Å². The van der Waals surface area contributed by atoms with E-state index in [-0.39, 0.29) is 11.3 Å². The largest absolute Gasteiger partial charge is 0.493 e. The van der Waals surface area contributed by atoms with Crippen molar-refractivity contribution in [2.24, 2.45) is 5.10 Å². The van der Waals surface area contributed by atoms with Gasteiger partial charge >= 0.3 is 0 Å². The van der Waals surface area contributed by atoms with E-state index in [1.54, 1.807) is 19.1 Å². The van der Waals surface area contributed by atoms with Crippen LogP contribution in [0.3, 0.4) is 0 Å². The van der Waals surface area contributed by atoms with Gasteiger partial charge in [-0.2, -0.15) is 5.10 Å². The van der Waals surface area contributed by atoms with Crippen molar-refractivity contribution in [1.82, 2.24) is 5.43 Å². The Morgan fingerprint density at radius 3 is 2.79 bits per heavy atom. The van der Waals surface area contributed by atoms with E-state index in [2.05, 4.69) is 10.5 Å². The number of rotatable bonds is 6. The van der Waals surface area contributed by atoms with E-state index in [4.69, 9.17) is 4.74 Å². The number of nitro benzene ring substituents is 1. The number of hydrogen-bond acceptors (Lipinski definition) is 5. The van der Waals surface area contributed by atoms with Crippen LogP contribution in [0.25, 0.3) is 0 Å². The SMILES string of the molecule is CCOc1ccccc1C=NNC(=O)c1ccc(C)c([N+](=O)[O-])c1. The molecule has 0 aliphatic rings. The number of hydrazone groups is 1. The maximum absolute atomic E-state index is 12.1. The molecule has 1 N–H and O–H groups in total. The molecule has 2 aromatic rings. The molecule has 0 radical (unpaired) electrons. The summed E-state index contributed by atoms with van der Waals surface area (Å²) in [6.45, 7) is 4.01. The van der Waals surface area contributed by atoms with Crippen LogP contribution in [0, 0.1) is 17.0 Å². The molecule has 7 heteroatoms. The van der Waals surface area contributed by atoms with Crippen molar-refractivity contribution in [3.05, 3.63) is 69.3 Å². The molecule has 0 atom stereocenters. The summed E-state index contributed by atoms with van der Waals surface area (Å²) in [4.78, 5) is 22.5. The zero-order valence-electron chi connectivity index (χ0n) is 13.4. The fourth-order valence-corrected chi connectivity index (χ4v) is 2.05. The third-order valence-corrected chi connectivity index (χ3v) is 3.26. The molecule has 0 bridgehead atoms. The molecule has 0 heterocycles. The fourth-order valence-electron chi connectivity index (χ4n) is 2.05. The van der Waals surface area contributed by atoms with Gasteiger partial charge in [-0.3, -0.25) is 14.9 Å². The third-order valence-electron chi connectivity index (χ3n) is 3.26. The van der Waals surface area contributed by atoms with Crippen molar-refractivity contribution in [3.63, 3.8) is 0 Å². The highest BCUT2D eigenvalue weighted by atomic mass is 16.6. The van der Waals surface area contributed by atoms with Gasteiger partial charge in [0.25, 0.3) is 11.6 Å². The molecule has 2 aromatic carbocycles. The van der Waals surface area contributed by atoms with Crippen LogP contribution in [0.4, 0.5) is 5.69 Å². The molecule has 0 saturated heterocycles. The molecule has 0 saturated carbocycles. The highest BCUT2D eigenvalue weighted by molar-refractivity contribution is 5.95. The van der Waals surface area contributed by atoms with Gasteiger partial charge in [-0.15, -0.1) is 0 Å². The Balaban J connectivity index is 2.11. The predicted molar refractivity (Wildman–Crippen MR) is 90.5 cm³/mol. The number of nitrogens with one attached hydrogen (secondary N) is 1. The van der Waals surface area contributed by atoms with Crippen LogP contribution in [0.2, 0.25) is 0 Å². The number of carbonyl (C=O) groups excluding carboxylic acids is 1. The molecule has 7 nitrogen and oxygen atoms in total. The van der Waals surface area contributed by atoms with Crippen LogP contribution in [0.15, 0.2) is 47.6 Å². The molecule has 0 unspecified atom stereocenters. The molecular weight excluding hydrogens is 310 g/mol. The molecule has 24 heavy (non-hydrogen) atoms. The average molecular weight is 327 g/mol. The summed E-state index contributed by atoms with van der Waals surface area (Å²) < 4.78 is 5.46. The molecule has 0 aliphatic heterocycles. The highest BCUT2D eigenvalue weighted by Crippen LogP contribution is 2.19. The molecule has 0 aliphatic carbocycles. The van der Waals surface area contributed by atoms with Gasteiger partial charge in [0.2, 0.25) is 0 Å². The highest BCUT2D eigenvalue weighted by Gasteiger charge is 2.14. The Kier molecular flexibility index (Phi) is 5.62. The van der Waals surface area contributed by atoms with Crippen LogP contribution >= 0.6 is 0 Å². The van der Waals surface area contributed by atoms with Crippen molar-refractivity contribution < 1.29 is 14.5 Å². The van der Waals surface area contributed by atoms with Crippen molar-refractivity contribution in [2.45, 2.75) is 13.8 Å². The summed E-state index contributed by atoms with van der Waals surface area (Å²) in [7, 11) is 0. The van der Waals surface area contributed by atoms with Crippen molar-refractivity contribution in [2.75, 3.05) is 6.61 Å². The predicted octanol–water partition coefficient (Wildman–Crippen LogP) is 3.07. The Labute approximate surface area is 139 Å². The first-order chi connectivity index (χ1) is 11.5. The monoisotopic (exact) mass is 327 g/mol. The van der Waals surface area contributed by atoms with Crippen LogP contribution in [0.1, 0.15) is 28.4 Å². The lowest BCUT2D eigenvalue weighted by atomic mass is 10.1. The third kappa shape index (κ3) is 4.16. The summed E-state index contributed by atoms with van der Waals surface area (Å²) in [6.07, 6.45) is 1.46. The molecule has 1 amide bonds. The van der Waals surface area contributed by atoms with Crippen LogP contribution in [-0.2, 0) is 0 Å². The second-order valence-corrected chi connectivity index (χ2v) is 4.93. The molecule has 0 fully saturated rings. The smallest absolute Gasteiger partial charge is 0.273 e. The number of hydrogen-bond donors (Lipinski definition) is 1. The van der Waals surface area contributed by atoms with Crippen LogP contribution in [0.5, 0.6) is 5.75 Å². The standard InChI is InChI=1S/C17H17N3O4/c1-3-24-16-7-5-4-6-14(16)11-18-19-17(21)13-9-8-12(2)15(10-13)20(22)23/h4-11H,3H2,1-2H3,(H,19,21). The average Bonchev–Trinajstić information content (AvgIpc) is 2.56. The summed E-state index contributed by atoms with van der Waals surface area (Å²) in [6, 6.07) is 11.5. The van der Waals surface area contributed by atoms with E-state index in [9.17, 15) is 14.9 Å².